The van der Waals surface area contributed by atoms with E-state index in [1.165, 1.54) is 18.0 Å². The van der Waals surface area contributed by atoms with Crippen molar-refractivity contribution in [2.45, 2.75) is 19.3 Å². The zero-order chi connectivity index (χ0) is 21.7. The maximum absolute atomic E-state index is 12.9. The van der Waals surface area contributed by atoms with Crippen LogP contribution in [-0.4, -0.2) is 84.1 Å². The summed E-state index contributed by atoms with van der Waals surface area (Å²) in [6, 6.07) is 10.0. The number of amides is 2. The van der Waals surface area contributed by atoms with Gasteiger partial charge in [0.15, 0.2) is 0 Å². The molecule has 0 bridgehead atoms. The molecule has 1 aromatic heterocycles. The summed E-state index contributed by atoms with van der Waals surface area (Å²) >= 11 is 0. The molecule has 0 unspecified atom stereocenters. The van der Waals surface area contributed by atoms with Gasteiger partial charge in [-0.2, -0.15) is 0 Å². The van der Waals surface area contributed by atoms with E-state index < -0.39 is 0 Å². The van der Waals surface area contributed by atoms with Gasteiger partial charge in [-0.1, -0.05) is 30.3 Å². The van der Waals surface area contributed by atoms with E-state index >= 15 is 0 Å². The molecule has 2 heterocycles. The number of nitrogens with one attached hydrogen (secondary N) is 1. The van der Waals surface area contributed by atoms with Crippen molar-refractivity contribution in [1.29, 1.82) is 0 Å². The van der Waals surface area contributed by atoms with Gasteiger partial charge in [0, 0.05) is 58.1 Å². The molecule has 1 aliphatic heterocycles. The summed E-state index contributed by atoms with van der Waals surface area (Å²) < 4.78 is 5.38. The van der Waals surface area contributed by atoms with Gasteiger partial charge < -0.3 is 15.0 Å². The summed E-state index contributed by atoms with van der Waals surface area (Å²) in [5.74, 6) is -0.242. The Kier molecular flexibility index (Phi) is 9.40. The van der Waals surface area contributed by atoms with Crippen LogP contribution in [0.2, 0.25) is 0 Å². The van der Waals surface area contributed by atoms with Crippen molar-refractivity contribution in [3.63, 3.8) is 0 Å². The smallest absolute Gasteiger partial charge is 0.274 e. The van der Waals surface area contributed by atoms with E-state index in [1.807, 2.05) is 30.3 Å². The molecule has 1 N–H and O–H groups in total. The van der Waals surface area contributed by atoms with Crippen LogP contribution in [0.25, 0.3) is 0 Å². The van der Waals surface area contributed by atoms with Gasteiger partial charge in [0.05, 0.1) is 19.4 Å². The highest BCUT2D eigenvalue weighted by Gasteiger charge is 2.19. The number of carbonyl (C=O) groups excluding carboxylic acids is 2. The normalized spacial score (nSPS) is 14.2. The Morgan fingerprint density at radius 1 is 1.10 bits per heavy atom. The van der Waals surface area contributed by atoms with Gasteiger partial charge in [-0.05, 0) is 18.4 Å². The molecule has 1 saturated heterocycles. The predicted molar refractivity (Wildman–Crippen MR) is 118 cm³/mol. The van der Waals surface area contributed by atoms with Crippen molar-refractivity contribution >= 4 is 11.8 Å². The fourth-order valence-corrected chi connectivity index (χ4v) is 3.51. The van der Waals surface area contributed by atoms with Crippen LogP contribution in [0.4, 0.5) is 0 Å². The second kappa shape index (κ2) is 12.8. The van der Waals surface area contributed by atoms with Gasteiger partial charge in [0.2, 0.25) is 5.91 Å². The topological polar surface area (TPSA) is 87.7 Å². The van der Waals surface area contributed by atoms with Gasteiger partial charge in [-0.3, -0.25) is 19.5 Å². The third-order valence-electron chi connectivity index (χ3n) is 5.26. The summed E-state index contributed by atoms with van der Waals surface area (Å²) in [4.78, 5) is 37.4. The van der Waals surface area contributed by atoms with E-state index in [4.69, 9.17) is 4.74 Å². The second-order valence-corrected chi connectivity index (χ2v) is 7.53. The van der Waals surface area contributed by atoms with Crippen molar-refractivity contribution in [2.75, 3.05) is 52.5 Å². The minimum Gasteiger partial charge on any atom is -0.379 e. The monoisotopic (exact) mass is 425 g/mol. The van der Waals surface area contributed by atoms with Crippen LogP contribution in [0, 0.1) is 0 Å². The van der Waals surface area contributed by atoms with Crippen molar-refractivity contribution in [3.05, 3.63) is 60.2 Å². The lowest BCUT2D eigenvalue weighted by atomic mass is 10.1. The molecule has 1 fully saturated rings. The van der Waals surface area contributed by atoms with Crippen molar-refractivity contribution < 1.29 is 14.3 Å². The van der Waals surface area contributed by atoms with Crippen LogP contribution >= 0.6 is 0 Å². The molecule has 0 saturated carbocycles. The Bertz CT molecular complexity index is 797. The number of morpholine rings is 1. The minimum absolute atomic E-state index is 0.0546. The van der Waals surface area contributed by atoms with Crippen LogP contribution in [0.5, 0.6) is 0 Å². The summed E-state index contributed by atoms with van der Waals surface area (Å²) in [6.07, 6.45) is 6.40. The van der Waals surface area contributed by atoms with Gasteiger partial charge in [-0.25, -0.2) is 4.98 Å². The highest BCUT2D eigenvalue weighted by atomic mass is 16.5. The highest BCUT2D eigenvalue weighted by Crippen LogP contribution is 2.05. The molecular formula is C23H31N5O3. The van der Waals surface area contributed by atoms with Crippen LogP contribution in [-0.2, 0) is 16.0 Å². The standard InChI is InChI=1S/C23H31N5O3/c29-22(26-9-7-20-5-2-1-3-6-20)8-14-28(23(30)21-19-24-10-11-25-21)13-4-12-27-15-17-31-18-16-27/h1-3,5-6,10-11,19H,4,7-9,12-18H2,(H,26,29). The fraction of sp³-hybridized carbons (Fsp3) is 0.478. The lowest BCUT2D eigenvalue weighted by Gasteiger charge is -2.28. The predicted octanol–water partition coefficient (Wildman–Crippen LogP) is 1.39. The Hall–Kier alpha value is -2.84. The largest absolute Gasteiger partial charge is 0.379 e. The molecule has 1 aromatic carbocycles. The van der Waals surface area contributed by atoms with Crippen LogP contribution < -0.4 is 5.32 Å². The number of nitrogens with zero attached hydrogens (tertiary/aromatic N) is 4. The Labute approximate surface area is 183 Å². The van der Waals surface area contributed by atoms with E-state index in [9.17, 15) is 9.59 Å². The minimum atomic E-state index is -0.188. The quantitative estimate of drug-likeness (QED) is 0.585. The van der Waals surface area contributed by atoms with E-state index in [-0.39, 0.29) is 18.2 Å². The molecule has 0 aliphatic carbocycles. The lowest BCUT2D eigenvalue weighted by Crippen LogP contribution is -2.40. The molecule has 31 heavy (non-hydrogen) atoms. The molecule has 2 aromatic rings. The Morgan fingerprint density at radius 2 is 1.90 bits per heavy atom. The SMILES string of the molecule is O=C(CCN(CCCN1CCOCC1)C(=O)c1cnccn1)NCCc1ccccc1. The average molecular weight is 426 g/mol. The molecule has 166 valence electrons. The summed E-state index contributed by atoms with van der Waals surface area (Å²) in [5, 5.41) is 2.95. The van der Waals surface area contributed by atoms with Crippen LogP contribution in [0.15, 0.2) is 48.9 Å². The number of rotatable bonds is 11. The highest BCUT2D eigenvalue weighted by molar-refractivity contribution is 5.92. The number of benzene rings is 1. The molecule has 2 amide bonds. The van der Waals surface area contributed by atoms with Gasteiger partial charge in [0.1, 0.15) is 5.69 Å². The lowest BCUT2D eigenvalue weighted by molar-refractivity contribution is -0.121. The van der Waals surface area contributed by atoms with Crippen LogP contribution in [0.1, 0.15) is 28.9 Å². The summed E-state index contributed by atoms with van der Waals surface area (Å²) in [5.41, 5.74) is 1.49. The maximum Gasteiger partial charge on any atom is 0.274 e. The molecule has 0 radical (unpaired) electrons. The first-order chi connectivity index (χ1) is 15.2. The van der Waals surface area contributed by atoms with Gasteiger partial charge >= 0.3 is 0 Å². The molecule has 0 atom stereocenters. The summed E-state index contributed by atoms with van der Waals surface area (Å²) in [6.45, 7) is 5.76. The van der Waals surface area contributed by atoms with E-state index in [0.29, 0.717) is 25.3 Å². The Morgan fingerprint density at radius 3 is 2.65 bits per heavy atom. The number of hydrogen-bond acceptors (Lipinski definition) is 6. The van der Waals surface area contributed by atoms with Gasteiger partial charge in [0.25, 0.3) is 5.91 Å². The summed E-state index contributed by atoms with van der Waals surface area (Å²) in [7, 11) is 0. The van der Waals surface area contributed by atoms with Crippen molar-refractivity contribution in [2.24, 2.45) is 0 Å². The molecule has 8 heteroatoms. The number of ether oxygens (including phenoxy) is 1. The zero-order valence-electron chi connectivity index (χ0n) is 17.9. The second-order valence-electron chi connectivity index (χ2n) is 7.53. The fourth-order valence-electron chi connectivity index (χ4n) is 3.51. The number of carbonyl (C=O) groups is 2. The van der Waals surface area contributed by atoms with Crippen molar-refractivity contribution in [1.82, 2.24) is 25.1 Å². The Balaban J connectivity index is 1.46. The number of hydrogen-bond donors (Lipinski definition) is 1. The van der Waals surface area contributed by atoms with E-state index in [0.717, 1.165) is 45.7 Å². The third-order valence-corrected chi connectivity index (χ3v) is 5.26. The molecule has 3 rings (SSSR count). The van der Waals surface area contributed by atoms with Crippen LogP contribution in [0.3, 0.4) is 0 Å². The van der Waals surface area contributed by atoms with E-state index in [1.54, 1.807) is 11.1 Å². The zero-order valence-corrected chi connectivity index (χ0v) is 17.9. The first-order valence-corrected chi connectivity index (χ1v) is 10.9. The molecule has 1 aliphatic rings. The maximum atomic E-state index is 12.9. The van der Waals surface area contributed by atoms with Crippen molar-refractivity contribution in [3.8, 4) is 0 Å². The first-order valence-electron chi connectivity index (χ1n) is 10.9. The van der Waals surface area contributed by atoms with E-state index in [2.05, 4.69) is 20.2 Å². The first kappa shape index (κ1) is 22.8. The third kappa shape index (κ3) is 8.07. The molecule has 8 nitrogen and oxygen atoms in total. The molecular weight excluding hydrogens is 394 g/mol. The average Bonchev–Trinajstić information content (AvgIpc) is 2.83. The number of aromatic nitrogens is 2. The molecule has 0 spiro atoms. The van der Waals surface area contributed by atoms with Gasteiger partial charge in [-0.15, -0.1) is 0 Å².